The van der Waals surface area contributed by atoms with Gasteiger partial charge in [0.05, 0.1) is 5.38 Å². The Morgan fingerprint density at radius 1 is 1.64 bits per heavy atom. The van der Waals surface area contributed by atoms with Crippen molar-refractivity contribution in [3.63, 3.8) is 0 Å². The summed E-state index contributed by atoms with van der Waals surface area (Å²) in [5.74, 6) is 0. The summed E-state index contributed by atoms with van der Waals surface area (Å²) in [5, 5.41) is 8.77. The van der Waals surface area contributed by atoms with E-state index in [1.165, 1.54) is 0 Å². The maximum absolute atomic E-state index is 8.49. The normalized spacial score (nSPS) is 16.0. The fraction of sp³-hybridized carbons (Fsp3) is 0.714. The average Bonchev–Trinajstić information content (AvgIpc) is 1.98. The van der Waals surface area contributed by atoms with Gasteiger partial charge in [-0.3, -0.25) is 0 Å². The molecule has 0 aliphatic heterocycles. The van der Waals surface area contributed by atoms with Crippen LogP contribution in [0.25, 0.3) is 0 Å². The van der Waals surface area contributed by atoms with Crippen LogP contribution in [-0.4, -0.2) is 17.1 Å². The molecule has 1 unspecified atom stereocenters. The van der Waals surface area contributed by atoms with E-state index in [-0.39, 0.29) is 12.0 Å². The van der Waals surface area contributed by atoms with E-state index < -0.39 is 0 Å². The molecule has 0 saturated heterocycles. The van der Waals surface area contributed by atoms with Gasteiger partial charge in [0, 0.05) is 17.3 Å². The van der Waals surface area contributed by atoms with Crippen LogP contribution in [0.5, 0.6) is 0 Å². The lowest BCUT2D eigenvalue weighted by atomic mass is 10.2. The van der Waals surface area contributed by atoms with E-state index in [1.54, 1.807) is 6.92 Å². The van der Waals surface area contributed by atoms with Crippen molar-refractivity contribution >= 4 is 23.2 Å². The van der Waals surface area contributed by atoms with Crippen LogP contribution in [0.4, 0.5) is 0 Å². The largest absolute Gasteiger partial charge is 0.400 e. The lowest BCUT2D eigenvalue weighted by molar-refractivity contribution is 0.285. The van der Waals surface area contributed by atoms with Crippen LogP contribution < -0.4 is 5.73 Å². The van der Waals surface area contributed by atoms with Gasteiger partial charge >= 0.3 is 0 Å². The minimum atomic E-state index is -0.250. The molecule has 0 aliphatic carbocycles. The number of allylic oxidation sites excluding steroid dienone is 2. The second-order valence-corrected chi connectivity index (χ2v) is 3.42. The van der Waals surface area contributed by atoms with Crippen molar-refractivity contribution in [2.24, 2.45) is 5.73 Å². The van der Waals surface area contributed by atoms with Gasteiger partial charge in [0.1, 0.15) is 0 Å². The summed E-state index contributed by atoms with van der Waals surface area (Å²) >= 11 is 11.4. The zero-order valence-corrected chi connectivity index (χ0v) is 7.99. The van der Waals surface area contributed by atoms with Crippen LogP contribution in [0.1, 0.15) is 19.8 Å². The molecule has 0 rings (SSSR count). The van der Waals surface area contributed by atoms with E-state index in [2.05, 4.69) is 0 Å². The van der Waals surface area contributed by atoms with Gasteiger partial charge in [-0.1, -0.05) is 11.6 Å². The predicted octanol–water partition coefficient (Wildman–Crippen LogP) is 1.80. The third-order valence-electron chi connectivity index (χ3n) is 1.35. The summed E-state index contributed by atoms with van der Waals surface area (Å²) in [4.78, 5) is 0. The lowest BCUT2D eigenvalue weighted by Gasteiger charge is -2.09. The topological polar surface area (TPSA) is 46.2 Å². The Bertz CT molecular complexity index is 143. The Morgan fingerprint density at radius 3 is 2.55 bits per heavy atom. The van der Waals surface area contributed by atoms with Gasteiger partial charge in [-0.15, -0.1) is 11.6 Å². The molecule has 2 nitrogen and oxygen atoms in total. The van der Waals surface area contributed by atoms with Crippen molar-refractivity contribution in [2.75, 3.05) is 6.61 Å². The van der Waals surface area contributed by atoms with Crippen molar-refractivity contribution in [3.8, 4) is 0 Å². The number of hydrogen-bond acceptors (Lipinski definition) is 2. The van der Waals surface area contributed by atoms with E-state index in [4.69, 9.17) is 34.0 Å². The molecule has 0 spiro atoms. The zero-order chi connectivity index (χ0) is 8.85. The molecule has 0 saturated carbocycles. The molecule has 3 N–H and O–H groups in total. The fourth-order valence-corrected chi connectivity index (χ4v) is 1.15. The SMILES string of the molecule is C/C(Cl)=C(/N)C(Cl)CCCO. The number of halogens is 2. The molecule has 0 heterocycles. The molecule has 0 aliphatic rings. The summed E-state index contributed by atoms with van der Waals surface area (Å²) < 4.78 is 0. The maximum Gasteiger partial charge on any atom is 0.0742 e. The number of rotatable bonds is 4. The zero-order valence-electron chi connectivity index (χ0n) is 6.48. The van der Waals surface area contributed by atoms with E-state index in [1.807, 2.05) is 0 Å². The Balaban J connectivity index is 3.83. The summed E-state index contributed by atoms with van der Waals surface area (Å²) in [6, 6.07) is 0. The van der Waals surface area contributed by atoms with Gasteiger partial charge in [0.15, 0.2) is 0 Å². The molecule has 0 aromatic carbocycles. The van der Waals surface area contributed by atoms with Gasteiger partial charge < -0.3 is 10.8 Å². The van der Waals surface area contributed by atoms with Crippen molar-refractivity contribution in [2.45, 2.75) is 25.1 Å². The van der Waals surface area contributed by atoms with Gasteiger partial charge in [0.25, 0.3) is 0 Å². The molecule has 1 atom stereocenters. The lowest BCUT2D eigenvalue weighted by Crippen LogP contribution is -2.13. The van der Waals surface area contributed by atoms with Crippen LogP contribution in [-0.2, 0) is 0 Å². The summed E-state index contributed by atoms with van der Waals surface area (Å²) in [6.45, 7) is 1.84. The number of aliphatic hydroxyl groups excluding tert-OH is 1. The number of alkyl halides is 1. The second-order valence-electron chi connectivity index (χ2n) is 2.32. The molecule has 66 valence electrons. The van der Waals surface area contributed by atoms with Gasteiger partial charge in [-0.2, -0.15) is 0 Å². The summed E-state index contributed by atoms with van der Waals surface area (Å²) in [7, 11) is 0. The molecular weight excluding hydrogens is 185 g/mol. The first-order chi connectivity index (χ1) is 5.09. The minimum Gasteiger partial charge on any atom is -0.400 e. The Morgan fingerprint density at radius 2 is 2.18 bits per heavy atom. The standard InChI is InChI=1S/C7H13Cl2NO/c1-5(8)7(10)6(9)3-2-4-11/h6,11H,2-4,10H2,1H3/b7-5-. The summed E-state index contributed by atoms with van der Waals surface area (Å²) in [6.07, 6.45) is 1.31. The number of hydrogen-bond donors (Lipinski definition) is 2. The monoisotopic (exact) mass is 197 g/mol. The third-order valence-corrected chi connectivity index (χ3v) is 2.02. The van der Waals surface area contributed by atoms with Crippen molar-refractivity contribution < 1.29 is 5.11 Å². The molecule has 4 heteroatoms. The van der Waals surface area contributed by atoms with E-state index >= 15 is 0 Å². The molecule has 0 amide bonds. The molecule has 0 aromatic rings. The predicted molar refractivity (Wildman–Crippen MR) is 48.7 cm³/mol. The first kappa shape index (κ1) is 11.1. The van der Waals surface area contributed by atoms with Crippen LogP contribution in [0.15, 0.2) is 10.7 Å². The van der Waals surface area contributed by atoms with Crippen molar-refractivity contribution in [1.29, 1.82) is 0 Å². The van der Waals surface area contributed by atoms with Crippen LogP contribution in [0, 0.1) is 0 Å². The Hall–Kier alpha value is 0.0800. The Labute approximate surface area is 77.0 Å². The van der Waals surface area contributed by atoms with Gasteiger partial charge in [0.2, 0.25) is 0 Å². The summed E-state index contributed by atoms with van der Waals surface area (Å²) in [5.41, 5.74) is 6.04. The van der Waals surface area contributed by atoms with Crippen LogP contribution >= 0.6 is 23.2 Å². The molecule has 0 radical (unpaired) electrons. The van der Waals surface area contributed by atoms with Crippen LogP contribution in [0.3, 0.4) is 0 Å². The molecule has 0 fully saturated rings. The van der Waals surface area contributed by atoms with E-state index in [0.717, 1.165) is 0 Å². The quantitative estimate of drug-likeness (QED) is 0.676. The highest BCUT2D eigenvalue weighted by Gasteiger charge is 2.08. The maximum atomic E-state index is 8.49. The highest BCUT2D eigenvalue weighted by atomic mass is 35.5. The first-order valence-corrected chi connectivity index (χ1v) is 4.27. The highest BCUT2D eigenvalue weighted by molar-refractivity contribution is 6.31. The van der Waals surface area contributed by atoms with E-state index in [9.17, 15) is 0 Å². The minimum absolute atomic E-state index is 0.137. The van der Waals surface area contributed by atoms with Crippen molar-refractivity contribution in [3.05, 3.63) is 10.7 Å². The average molecular weight is 198 g/mol. The van der Waals surface area contributed by atoms with Gasteiger partial charge in [-0.25, -0.2) is 0 Å². The van der Waals surface area contributed by atoms with Crippen LogP contribution in [0.2, 0.25) is 0 Å². The smallest absolute Gasteiger partial charge is 0.0742 e. The van der Waals surface area contributed by atoms with Gasteiger partial charge in [-0.05, 0) is 19.8 Å². The van der Waals surface area contributed by atoms with Crippen molar-refractivity contribution in [1.82, 2.24) is 0 Å². The Kier molecular flexibility index (Phi) is 5.74. The fourth-order valence-electron chi connectivity index (χ4n) is 0.642. The number of nitrogens with two attached hydrogens (primary N) is 1. The van der Waals surface area contributed by atoms with E-state index in [0.29, 0.717) is 23.6 Å². The second kappa shape index (κ2) is 5.70. The molecular formula is C7H13Cl2NO. The number of aliphatic hydroxyl groups is 1. The first-order valence-electron chi connectivity index (χ1n) is 3.46. The molecule has 11 heavy (non-hydrogen) atoms. The molecule has 0 aromatic heterocycles. The highest BCUT2D eigenvalue weighted by Crippen LogP contribution is 2.16. The third kappa shape index (κ3) is 4.51. The molecule has 0 bridgehead atoms.